The normalized spacial score (nSPS) is 22.6. The van der Waals surface area contributed by atoms with Crippen LogP contribution in [0.1, 0.15) is 51.5 Å². The highest BCUT2D eigenvalue weighted by atomic mass is 16.4. The second-order valence-electron chi connectivity index (χ2n) is 9.69. The van der Waals surface area contributed by atoms with Crippen molar-refractivity contribution in [2.45, 2.75) is 64.6 Å². The molecule has 34 heavy (non-hydrogen) atoms. The number of aryl methyl sites for hydroxylation is 1. The molecule has 0 aromatic heterocycles. The van der Waals surface area contributed by atoms with Crippen molar-refractivity contribution in [3.8, 4) is 11.8 Å². The van der Waals surface area contributed by atoms with E-state index in [9.17, 15) is 19.8 Å². The van der Waals surface area contributed by atoms with Gasteiger partial charge in [-0.15, -0.1) is 11.8 Å². The zero-order valence-corrected chi connectivity index (χ0v) is 19.9. The van der Waals surface area contributed by atoms with Gasteiger partial charge in [-0.2, -0.15) is 0 Å². The monoisotopic (exact) mass is 462 g/mol. The minimum Gasteiger partial charge on any atom is -0.481 e. The maximum absolute atomic E-state index is 12.9. The number of benzene rings is 2. The number of carboxylic acid groups (broad SMARTS) is 1. The molecule has 0 heterocycles. The van der Waals surface area contributed by atoms with Crippen molar-refractivity contribution in [3.63, 3.8) is 0 Å². The Labute approximate surface area is 201 Å². The molecule has 1 unspecified atom stereocenters. The Morgan fingerprint density at radius 1 is 1.15 bits per heavy atom. The van der Waals surface area contributed by atoms with Crippen molar-refractivity contribution in [2.24, 2.45) is 17.3 Å². The molecule has 2 aromatic rings. The molecule has 3 N–H and O–H groups in total. The molecule has 1 fully saturated rings. The fraction of sp³-hybridized carbons (Fsp3) is 0.448. The third kappa shape index (κ3) is 6.34. The third-order valence-electron chi connectivity index (χ3n) is 6.78. The van der Waals surface area contributed by atoms with E-state index in [0.717, 1.165) is 12.0 Å². The van der Waals surface area contributed by atoms with Gasteiger partial charge in [-0.1, -0.05) is 68.5 Å². The first kappa shape index (κ1) is 25.7. The summed E-state index contributed by atoms with van der Waals surface area (Å²) in [6.07, 6.45) is 4.54. The first-order valence-electron chi connectivity index (χ1n) is 11.9. The average molecular weight is 463 g/mol. The SMILES string of the molecule is CC1(C)C(=O)[C@H](CC#CCCCC(=O)O)[C@@H](C=CC(O)CCc2ccc3ccccc3c2)[C@@H]1O. The van der Waals surface area contributed by atoms with Gasteiger partial charge in [0.1, 0.15) is 5.78 Å². The van der Waals surface area contributed by atoms with E-state index in [4.69, 9.17) is 5.11 Å². The highest BCUT2D eigenvalue weighted by molar-refractivity contribution is 5.90. The summed E-state index contributed by atoms with van der Waals surface area (Å²) < 4.78 is 0. The number of unbranched alkanes of at least 4 members (excludes halogenated alkanes) is 1. The standard InChI is InChI=1S/C29H34O5/c1-29(2)27(33)24(11-5-3-4-6-12-26(31)32)25(28(29)34)18-17-23(30)16-14-20-13-15-21-9-7-8-10-22(21)19-20/h7-10,13,15,17-19,23-25,28,30,34H,4,6,11-12,14,16H2,1-2H3,(H,31,32)/t23?,24-,25-,28+/m1/s1. The molecule has 4 atom stereocenters. The van der Waals surface area contributed by atoms with Gasteiger partial charge in [0, 0.05) is 31.1 Å². The topological polar surface area (TPSA) is 94.8 Å². The third-order valence-corrected chi connectivity index (χ3v) is 6.78. The van der Waals surface area contributed by atoms with Crippen molar-refractivity contribution >= 4 is 22.5 Å². The van der Waals surface area contributed by atoms with Crippen LogP contribution in [0.5, 0.6) is 0 Å². The number of carboxylic acids is 1. The van der Waals surface area contributed by atoms with Crippen LogP contribution < -0.4 is 0 Å². The number of rotatable bonds is 9. The molecular formula is C29H34O5. The average Bonchev–Trinajstić information content (AvgIpc) is 2.97. The Kier molecular flexibility index (Phi) is 8.66. The van der Waals surface area contributed by atoms with Gasteiger partial charge in [0.05, 0.1) is 17.6 Å². The number of aliphatic hydroxyl groups excluding tert-OH is 2. The molecule has 180 valence electrons. The highest BCUT2D eigenvalue weighted by Gasteiger charge is 2.53. The van der Waals surface area contributed by atoms with Crippen LogP contribution in [-0.2, 0) is 16.0 Å². The number of Topliss-reactive ketones (excluding diaryl/α,β-unsaturated/α-hetero) is 1. The van der Waals surface area contributed by atoms with Gasteiger partial charge >= 0.3 is 5.97 Å². The van der Waals surface area contributed by atoms with Gasteiger partial charge in [0.25, 0.3) is 0 Å². The second-order valence-corrected chi connectivity index (χ2v) is 9.69. The number of aliphatic hydroxyl groups is 2. The maximum Gasteiger partial charge on any atom is 0.303 e. The lowest BCUT2D eigenvalue weighted by atomic mass is 9.86. The van der Waals surface area contributed by atoms with Crippen LogP contribution in [0.15, 0.2) is 54.6 Å². The van der Waals surface area contributed by atoms with Gasteiger partial charge in [0.2, 0.25) is 0 Å². The summed E-state index contributed by atoms with van der Waals surface area (Å²) in [5.74, 6) is 4.22. The quantitative estimate of drug-likeness (QED) is 0.289. The molecule has 5 nitrogen and oxygen atoms in total. The van der Waals surface area contributed by atoms with Crippen molar-refractivity contribution < 1.29 is 24.9 Å². The molecule has 1 aliphatic rings. The minimum absolute atomic E-state index is 0.0276. The summed E-state index contributed by atoms with van der Waals surface area (Å²) in [5.41, 5.74) is 0.278. The Bertz CT molecular complexity index is 1100. The van der Waals surface area contributed by atoms with Crippen molar-refractivity contribution in [2.75, 3.05) is 0 Å². The molecule has 2 aromatic carbocycles. The largest absolute Gasteiger partial charge is 0.481 e. The lowest BCUT2D eigenvalue weighted by Crippen LogP contribution is -2.31. The van der Waals surface area contributed by atoms with E-state index in [0.29, 0.717) is 25.7 Å². The minimum atomic E-state index is -0.874. The molecule has 0 radical (unpaired) electrons. The zero-order chi connectivity index (χ0) is 24.7. The lowest BCUT2D eigenvalue weighted by Gasteiger charge is -2.22. The van der Waals surface area contributed by atoms with Crippen LogP contribution in [0.25, 0.3) is 10.8 Å². The summed E-state index contributed by atoms with van der Waals surface area (Å²) in [7, 11) is 0. The Balaban J connectivity index is 1.60. The van der Waals surface area contributed by atoms with Crippen molar-refractivity contribution in [1.82, 2.24) is 0 Å². The summed E-state index contributed by atoms with van der Waals surface area (Å²) >= 11 is 0. The Hall–Kier alpha value is -2.94. The van der Waals surface area contributed by atoms with Crippen LogP contribution in [0.2, 0.25) is 0 Å². The second kappa shape index (κ2) is 11.5. The van der Waals surface area contributed by atoms with E-state index in [1.54, 1.807) is 26.0 Å². The van der Waals surface area contributed by atoms with Crippen LogP contribution in [-0.4, -0.2) is 39.3 Å². The molecule has 0 spiro atoms. The molecule has 0 saturated heterocycles. The predicted molar refractivity (Wildman–Crippen MR) is 133 cm³/mol. The lowest BCUT2D eigenvalue weighted by molar-refractivity contribution is -0.137. The van der Waals surface area contributed by atoms with Gasteiger partial charge in [-0.25, -0.2) is 0 Å². The molecular weight excluding hydrogens is 428 g/mol. The molecule has 0 amide bonds. The highest BCUT2D eigenvalue weighted by Crippen LogP contribution is 2.44. The number of hydrogen-bond acceptors (Lipinski definition) is 4. The molecule has 0 bridgehead atoms. The van der Waals surface area contributed by atoms with Crippen molar-refractivity contribution in [1.29, 1.82) is 0 Å². The fourth-order valence-electron chi connectivity index (χ4n) is 4.63. The van der Waals surface area contributed by atoms with E-state index < -0.39 is 35.4 Å². The summed E-state index contributed by atoms with van der Waals surface area (Å²) in [5, 5.41) is 32.4. The number of carbonyl (C=O) groups is 2. The van der Waals surface area contributed by atoms with Gasteiger partial charge < -0.3 is 15.3 Å². The summed E-state index contributed by atoms with van der Waals surface area (Å²) in [4.78, 5) is 23.5. The maximum atomic E-state index is 12.9. The van der Waals surface area contributed by atoms with Crippen LogP contribution in [0, 0.1) is 29.1 Å². The zero-order valence-electron chi connectivity index (χ0n) is 19.9. The summed E-state index contributed by atoms with van der Waals surface area (Å²) in [6, 6.07) is 14.5. The summed E-state index contributed by atoms with van der Waals surface area (Å²) in [6.45, 7) is 3.49. The van der Waals surface area contributed by atoms with Crippen LogP contribution >= 0.6 is 0 Å². The molecule has 1 saturated carbocycles. The number of hydrogen-bond donors (Lipinski definition) is 3. The van der Waals surface area contributed by atoms with E-state index in [2.05, 4.69) is 42.2 Å². The fourth-order valence-corrected chi connectivity index (χ4v) is 4.63. The molecule has 3 rings (SSSR count). The smallest absolute Gasteiger partial charge is 0.303 e. The van der Waals surface area contributed by atoms with Gasteiger partial charge in [0.15, 0.2) is 0 Å². The van der Waals surface area contributed by atoms with Crippen LogP contribution in [0.4, 0.5) is 0 Å². The molecule has 0 aliphatic heterocycles. The van der Waals surface area contributed by atoms with E-state index in [-0.39, 0.29) is 12.2 Å². The first-order valence-corrected chi connectivity index (χ1v) is 11.9. The van der Waals surface area contributed by atoms with E-state index in [1.165, 1.54) is 10.8 Å². The van der Waals surface area contributed by atoms with Crippen molar-refractivity contribution in [3.05, 3.63) is 60.2 Å². The first-order chi connectivity index (χ1) is 16.2. The Morgan fingerprint density at radius 3 is 2.62 bits per heavy atom. The predicted octanol–water partition coefficient (Wildman–Crippen LogP) is 4.54. The Morgan fingerprint density at radius 2 is 1.88 bits per heavy atom. The number of carbonyl (C=O) groups excluding carboxylic acids is 1. The van der Waals surface area contributed by atoms with E-state index >= 15 is 0 Å². The van der Waals surface area contributed by atoms with Gasteiger partial charge in [-0.3, -0.25) is 9.59 Å². The molecule has 1 aliphatic carbocycles. The number of aliphatic carboxylic acids is 1. The number of ketones is 1. The van der Waals surface area contributed by atoms with Gasteiger partial charge in [-0.05, 0) is 35.6 Å². The van der Waals surface area contributed by atoms with Crippen LogP contribution in [0.3, 0.4) is 0 Å². The van der Waals surface area contributed by atoms with E-state index in [1.807, 2.05) is 12.1 Å². The number of fused-ring (bicyclic) bond motifs is 1. The molecule has 5 heteroatoms.